The lowest BCUT2D eigenvalue weighted by Gasteiger charge is -2.43. The van der Waals surface area contributed by atoms with Crippen LogP contribution in [0, 0.1) is 11.3 Å². The summed E-state index contributed by atoms with van der Waals surface area (Å²) in [6, 6.07) is 0. The van der Waals surface area contributed by atoms with Gasteiger partial charge in [0.15, 0.2) is 0 Å². The molecule has 1 unspecified atom stereocenters. The molecule has 0 heterocycles. The molecule has 1 aliphatic carbocycles. The molecule has 17 heavy (non-hydrogen) atoms. The third-order valence-electron chi connectivity index (χ3n) is 4.57. The lowest BCUT2D eigenvalue weighted by Crippen LogP contribution is -2.42. The summed E-state index contributed by atoms with van der Waals surface area (Å²) in [5.74, 6) is 0.877. The first kappa shape index (κ1) is 14.8. The van der Waals surface area contributed by atoms with E-state index < -0.39 is 0 Å². The van der Waals surface area contributed by atoms with Crippen molar-refractivity contribution in [2.45, 2.75) is 72.7 Å². The zero-order valence-corrected chi connectivity index (χ0v) is 12.6. The molecule has 0 radical (unpaired) electrons. The molecule has 0 spiro atoms. The van der Waals surface area contributed by atoms with E-state index in [1.54, 1.807) is 5.57 Å². The lowest BCUT2D eigenvalue weighted by molar-refractivity contribution is -0.00846. The highest BCUT2D eigenvalue weighted by Crippen LogP contribution is 2.41. The predicted molar refractivity (Wildman–Crippen MR) is 77.7 cm³/mol. The van der Waals surface area contributed by atoms with Gasteiger partial charge < -0.3 is 4.65 Å². The van der Waals surface area contributed by atoms with Gasteiger partial charge in [-0.05, 0) is 50.9 Å². The summed E-state index contributed by atoms with van der Waals surface area (Å²) >= 11 is 0. The quantitative estimate of drug-likeness (QED) is 0.509. The van der Waals surface area contributed by atoms with Gasteiger partial charge in [-0.25, -0.2) is 0 Å². The smallest absolute Gasteiger partial charge is 0.272 e. The van der Waals surface area contributed by atoms with Crippen LogP contribution in [0.4, 0.5) is 0 Å². The molecule has 0 saturated carbocycles. The van der Waals surface area contributed by atoms with Gasteiger partial charge in [0.05, 0.1) is 5.60 Å². The second-order valence-electron chi connectivity index (χ2n) is 6.75. The second kappa shape index (κ2) is 5.60. The van der Waals surface area contributed by atoms with Crippen LogP contribution in [-0.2, 0) is 4.65 Å². The van der Waals surface area contributed by atoms with Crippen LogP contribution in [0.2, 0.25) is 6.82 Å². The van der Waals surface area contributed by atoms with Crippen LogP contribution in [0.3, 0.4) is 0 Å². The third-order valence-corrected chi connectivity index (χ3v) is 4.57. The molecule has 0 fully saturated rings. The van der Waals surface area contributed by atoms with Crippen molar-refractivity contribution in [1.29, 1.82) is 0 Å². The van der Waals surface area contributed by atoms with Crippen molar-refractivity contribution in [3.8, 4) is 0 Å². The highest BCUT2D eigenvalue weighted by molar-refractivity contribution is 6.25. The molecular weight excluding hydrogens is 207 g/mol. The number of rotatable bonds is 5. The van der Waals surface area contributed by atoms with Gasteiger partial charge in [0.1, 0.15) is 0 Å². The van der Waals surface area contributed by atoms with Crippen LogP contribution in [0.15, 0.2) is 11.6 Å². The first-order valence-electron chi connectivity index (χ1n) is 7.10. The van der Waals surface area contributed by atoms with E-state index in [-0.39, 0.29) is 11.0 Å². The summed E-state index contributed by atoms with van der Waals surface area (Å²) in [6.45, 7) is 13.6. The zero-order valence-electron chi connectivity index (χ0n) is 12.6. The fourth-order valence-electron chi connectivity index (χ4n) is 2.52. The number of hydrogen-bond donors (Lipinski definition) is 0. The molecule has 2 heteroatoms. The molecule has 0 bridgehead atoms. The summed E-state index contributed by atoms with van der Waals surface area (Å²) < 4.78 is 5.93. The molecule has 0 aromatic heterocycles. The van der Waals surface area contributed by atoms with Gasteiger partial charge in [-0.2, -0.15) is 0 Å². The van der Waals surface area contributed by atoms with Gasteiger partial charge in [-0.15, -0.1) is 0 Å². The summed E-state index contributed by atoms with van der Waals surface area (Å²) in [5.41, 5.74) is 1.79. The monoisotopic (exact) mass is 236 g/mol. The molecule has 0 saturated heterocycles. The average molecular weight is 236 g/mol. The Bertz CT molecular complexity index is 279. The van der Waals surface area contributed by atoms with Crippen LogP contribution in [-0.4, -0.2) is 13.1 Å². The normalized spacial score (nSPS) is 22.2. The molecule has 0 aromatic carbocycles. The highest BCUT2D eigenvalue weighted by Gasteiger charge is 2.37. The number of hydrogen-bond acceptors (Lipinski definition) is 1. The topological polar surface area (TPSA) is 9.23 Å². The SMILES string of the molecule is CBOC(C)(C)C(C)(C)CC1=CCC(C)CC1. The fraction of sp³-hybridized carbons (Fsp3) is 0.867. The molecule has 1 nitrogen and oxygen atoms in total. The summed E-state index contributed by atoms with van der Waals surface area (Å²) in [4.78, 5) is 0. The molecule has 0 amide bonds. The van der Waals surface area contributed by atoms with Gasteiger partial charge >= 0.3 is 0 Å². The summed E-state index contributed by atoms with van der Waals surface area (Å²) in [5, 5.41) is 0. The van der Waals surface area contributed by atoms with Gasteiger partial charge in [0.2, 0.25) is 0 Å². The van der Waals surface area contributed by atoms with E-state index >= 15 is 0 Å². The Labute approximate surface area is 108 Å². The van der Waals surface area contributed by atoms with Crippen molar-refractivity contribution in [3.05, 3.63) is 11.6 Å². The van der Waals surface area contributed by atoms with Crippen LogP contribution >= 0.6 is 0 Å². The summed E-state index contributed by atoms with van der Waals surface area (Å²) in [6.07, 6.45) is 7.55. The molecule has 98 valence electrons. The van der Waals surface area contributed by atoms with Crippen molar-refractivity contribution < 1.29 is 4.65 Å². The molecule has 0 aliphatic heterocycles. The Hall–Kier alpha value is -0.235. The van der Waals surface area contributed by atoms with Gasteiger partial charge in [0.25, 0.3) is 7.48 Å². The number of allylic oxidation sites excluding steroid dienone is 2. The van der Waals surface area contributed by atoms with E-state index in [0.717, 1.165) is 13.4 Å². The standard InChI is InChI=1S/C15H29BO/c1-12-7-9-13(10-8-12)11-14(2,3)15(4,5)17-16-6/h9,12,16H,7-8,10-11H2,1-6H3. The molecule has 1 atom stereocenters. The Morgan fingerprint density at radius 1 is 1.35 bits per heavy atom. The highest BCUT2D eigenvalue weighted by atomic mass is 16.5. The molecule has 0 aromatic rings. The minimum atomic E-state index is -0.0499. The maximum Gasteiger partial charge on any atom is 0.272 e. The first-order valence-corrected chi connectivity index (χ1v) is 7.10. The fourth-order valence-corrected chi connectivity index (χ4v) is 2.52. The largest absolute Gasteiger partial charge is 0.435 e. The lowest BCUT2D eigenvalue weighted by atomic mass is 9.70. The maximum atomic E-state index is 5.93. The minimum Gasteiger partial charge on any atom is -0.435 e. The average Bonchev–Trinajstić information content (AvgIpc) is 2.21. The van der Waals surface area contributed by atoms with Crippen LogP contribution < -0.4 is 0 Å². The van der Waals surface area contributed by atoms with Crippen molar-refractivity contribution in [2.75, 3.05) is 0 Å². The molecular formula is C15H29BO. The van der Waals surface area contributed by atoms with Gasteiger partial charge in [0, 0.05) is 0 Å². The van der Waals surface area contributed by atoms with Crippen molar-refractivity contribution in [1.82, 2.24) is 0 Å². The second-order valence-corrected chi connectivity index (χ2v) is 6.75. The maximum absolute atomic E-state index is 5.93. The van der Waals surface area contributed by atoms with Gasteiger partial charge in [-0.1, -0.05) is 39.2 Å². The Morgan fingerprint density at radius 2 is 2.00 bits per heavy atom. The molecule has 1 aliphatic rings. The van der Waals surface area contributed by atoms with Crippen molar-refractivity contribution in [3.63, 3.8) is 0 Å². The van der Waals surface area contributed by atoms with E-state index in [2.05, 4.69) is 47.5 Å². The molecule has 0 N–H and O–H groups in total. The Balaban J connectivity index is 2.66. The Morgan fingerprint density at radius 3 is 2.47 bits per heavy atom. The first-order chi connectivity index (χ1) is 7.78. The zero-order chi connectivity index (χ0) is 13.1. The molecule has 1 rings (SSSR count). The van der Waals surface area contributed by atoms with Crippen molar-refractivity contribution in [2.24, 2.45) is 11.3 Å². The summed E-state index contributed by atoms with van der Waals surface area (Å²) in [7, 11) is 0.798. The minimum absolute atomic E-state index is 0.0499. The van der Waals surface area contributed by atoms with Crippen molar-refractivity contribution >= 4 is 7.48 Å². The predicted octanol–water partition coefficient (Wildman–Crippen LogP) is 4.34. The van der Waals surface area contributed by atoms with Crippen LogP contribution in [0.5, 0.6) is 0 Å². The van der Waals surface area contributed by atoms with E-state index in [4.69, 9.17) is 4.65 Å². The van der Waals surface area contributed by atoms with E-state index in [1.807, 2.05) is 0 Å². The van der Waals surface area contributed by atoms with Crippen LogP contribution in [0.1, 0.15) is 60.3 Å². The van der Waals surface area contributed by atoms with E-state index in [0.29, 0.717) is 0 Å². The third kappa shape index (κ3) is 3.87. The Kier molecular flexibility index (Phi) is 4.89. The van der Waals surface area contributed by atoms with E-state index in [9.17, 15) is 0 Å². The van der Waals surface area contributed by atoms with E-state index in [1.165, 1.54) is 25.7 Å². The van der Waals surface area contributed by atoms with Crippen LogP contribution in [0.25, 0.3) is 0 Å². The van der Waals surface area contributed by atoms with Gasteiger partial charge in [-0.3, -0.25) is 0 Å².